The minimum Gasteiger partial charge on any atom is -0.343 e. The highest BCUT2D eigenvalue weighted by atomic mass is 32.2. The average Bonchev–Trinajstić information content (AvgIpc) is 2.59. The molecule has 3 amide bonds. The molecule has 1 N–H and O–H groups in total. The Kier molecular flexibility index (Phi) is 4.80. The SMILES string of the molecule is CC(=O)N(C)C1CCN(C(=O)c2ccc3c(c2)NC(=O)CS3)CC1. The first-order valence-corrected chi connectivity index (χ1v) is 9.03. The predicted octanol–water partition coefficient (Wildman–Crippen LogP) is 1.81. The second-order valence-corrected chi connectivity index (χ2v) is 7.22. The highest BCUT2D eigenvalue weighted by Crippen LogP contribution is 2.32. The monoisotopic (exact) mass is 347 g/mol. The molecule has 1 aromatic carbocycles. The normalized spacial score (nSPS) is 17.9. The molecule has 0 aromatic heterocycles. The van der Waals surface area contributed by atoms with E-state index in [0.717, 1.165) is 17.7 Å². The van der Waals surface area contributed by atoms with Gasteiger partial charge in [0, 0.05) is 43.6 Å². The highest BCUT2D eigenvalue weighted by molar-refractivity contribution is 8.00. The maximum absolute atomic E-state index is 12.7. The molecule has 3 rings (SSSR count). The molecular formula is C17H21N3O3S. The van der Waals surface area contributed by atoms with Gasteiger partial charge in [-0.1, -0.05) is 0 Å². The molecule has 128 valence electrons. The Labute approximate surface area is 145 Å². The van der Waals surface area contributed by atoms with E-state index in [0.29, 0.717) is 30.1 Å². The maximum Gasteiger partial charge on any atom is 0.253 e. The van der Waals surface area contributed by atoms with Gasteiger partial charge in [0.05, 0.1) is 11.4 Å². The van der Waals surface area contributed by atoms with Gasteiger partial charge in [-0.25, -0.2) is 0 Å². The Bertz CT molecular complexity index is 684. The van der Waals surface area contributed by atoms with Gasteiger partial charge in [-0.15, -0.1) is 11.8 Å². The van der Waals surface area contributed by atoms with Gasteiger partial charge in [-0.05, 0) is 31.0 Å². The van der Waals surface area contributed by atoms with Gasteiger partial charge in [0.25, 0.3) is 5.91 Å². The fourth-order valence-electron chi connectivity index (χ4n) is 3.11. The summed E-state index contributed by atoms with van der Waals surface area (Å²) in [5.41, 5.74) is 1.31. The number of nitrogens with zero attached hydrogens (tertiary/aromatic N) is 2. The van der Waals surface area contributed by atoms with Crippen molar-refractivity contribution in [2.24, 2.45) is 0 Å². The first-order chi connectivity index (χ1) is 11.5. The summed E-state index contributed by atoms with van der Waals surface area (Å²) in [7, 11) is 1.81. The van der Waals surface area contributed by atoms with Crippen molar-refractivity contribution in [1.82, 2.24) is 9.80 Å². The molecular weight excluding hydrogens is 326 g/mol. The molecule has 2 aliphatic rings. The summed E-state index contributed by atoms with van der Waals surface area (Å²) in [5.74, 6) is 0.414. The van der Waals surface area contributed by atoms with E-state index in [2.05, 4.69) is 5.32 Å². The van der Waals surface area contributed by atoms with Crippen molar-refractivity contribution < 1.29 is 14.4 Å². The zero-order chi connectivity index (χ0) is 17.3. The number of piperidine rings is 1. The van der Waals surface area contributed by atoms with Crippen LogP contribution in [0.5, 0.6) is 0 Å². The number of carbonyl (C=O) groups excluding carboxylic acids is 3. The summed E-state index contributed by atoms with van der Waals surface area (Å²) in [4.78, 5) is 40.2. The molecule has 0 spiro atoms. The van der Waals surface area contributed by atoms with E-state index in [-0.39, 0.29) is 23.8 Å². The molecule has 1 saturated heterocycles. The van der Waals surface area contributed by atoms with Crippen LogP contribution >= 0.6 is 11.8 Å². The number of nitrogens with one attached hydrogen (secondary N) is 1. The summed E-state index contributed by atoms with van der Waals surface area (Å²) in [5, 5.41) is 2.82. The number of hydrogen-bond acceptors (Lipinski definition) is 4. The standard InChI is InChI=1S/C17H21N3O3S/c1-11(21)19(2)13-5-7-20(8-6-13)17(23)12-3-4-15-14(9-12)18-16(22)10-24-15/h3-4,9,13H,5-8,10H2,1-2H3,(H,18,22). The number of rotatable bonds is 2. The van der Waals surface area contributed by atoms with E-state index in [4.69, 9.17) is 0 Å². The minimum atomic E-state index is -0.0369. The second-order valence-electron chi connectivity index (χ2n) is 6.20. The Morgan fingerprint density at radius 3 is 2.67 bits per heavy atom. The minimum absolute atomic E-state index is 0.0217. The number of anilines is 1. The van der Waals surface area contributed by atoms with E-state index >= 15 is 0 Å². The maximum atomic E-state index is 12.7. The van der Waals surface area contributed by atoms with Crippen molar-refractivity contribution in [1.29, 1.82) is 0 Å². The number of amides is 3. The first-order valence-electron chi connectivity index (χ1n) is 8.05. The third-order valence-corrected chi connectivity index (χ3v) is 5.73. The molecule has 2 aliphatic heterocycles. The zero-order valence-corrected chi connectivity index (χ0v) is 14.7. The molecule has 0 bridgehead atoms. The van der Waals surface area contributed by atoms with E-state index < -0.39 is 0 Å². The second kappa shape index (κ2) is 6.84. The Morgan fingerprint density at radius 1 is 1.29 bits per heavy atom. The Morgan fingerprint density at radius 2 is 2.00 bits per heavy atom. The molecule has 6 nitrogen and oxygen atoms in total. The van der Waals surface area contributed by atoms with E-state index in [1.165, 1.54) is 11.8 Å². The molecule has 0 atom stereocenters. The van der Waals surface area contributed by atoms with Crippen LogP contribution in [0.25, 0.3) is 0 Å². The topological polar surface area (TPSA) is 69.7 Å². The fourth-order valence-corrected chi connectivity index (χ4v) is 3.90. The number of likely N-dealkylation sites (tertiary alicyclic amines) is 1. The van der Waals surface area contributed by atoms with Gasteiger partial charge in [0.2, 0.25) is 11.8 Å². The lowest BCUT2D eigenvalue weighted by atomic mass is 10.0. The van der Waals surface area contributed by atoms with Crippen molar-refractivity contribution in [3.8, 4) is 0 Å². The van der Waals surface area contributed by atoms with Crippen LogP contribution in [0, 0.1) is 0 Å². The third-order valence-electron chi connectivity index (χ3n) is 4.66. The average molecular weight is 347 g/mol. The molecule has 24 heavy (non-hydrogen) atoms. The molecule has 0 aliphatic carbocycles. The molecule has 0 saturated carbocycles. The highest BCUT2D eigenvalue weighted by Gasteiger charge is 2.27. The van der Waals surface area contributed by atoms with Crippen molar-refractivity contribution in [3.05, 3.63) is 23.8 Å². The van der Waals surface area contributed by atoms with E-state index in [9.17, 15) is 14.4 Å². The number of carbonyl (C=O) groups is 3. The van der Waals surface area contributed by atoms with Crippen molar-refractivity contribution in [2.75, 3.05) is 31.2 Å². The van der Waals surface area contributed by atoms with Crippen molar-refractivity contribution in [2.45, 2.75) is 30.7 Å². The quantitative estimate of drug-likeness (QED) is 0.886. The van der Waals surface area contributed by atoms with Gasteiger partial charge < -0.3 is 15.1 Å². The van der Waals surface area contributed by atoms with Crippen LogP contribution in [0.4, 0.5) is 5.69 Å². The molecule has 7 heteroatoms. The number of hydrogen-bond donors (Lipinski definition) is 1. The van der Waals surface area contributed by atoms with Crippen LogP contribution in [0.2, 0.25) is 0 Å². The van der Waals surface area contributed by atoms with Crippen LogP contribution in [-0.4, -0.2) is 59.5 Å². The summed E-state index contributed by atoms with van der Waals surface area (Å²) in [6.45, 7) is 2.84. The smallest absolute Gasteiger partial charge is 0.253 e. The summed E-state index contributed by atoms with van der Waals surface area (Å²) in [6.07, 6.45) is 1.58. The summed E-state index contributed by atoms with van der Waals surface area (Å²) >= 11 is 1.48. The van der Waals surface area contributed by atoms with Gasteiger partial charge >= 0.3 is 0 Å². The van der Waals surface area contributed by atoms with Gasteiger partial charge in [0.15, 0.2) is 0 Å². The van der Waals surface area contributed by atoms with Crippen molar-refractivity contribution >= 4 is 35.2 Å². The summed E-state index contributed by atoms with van der Waals surface area (Å²) < 4.78 is 0. The van der Waals surface area contributed by atoms with Crippen LogP contribution < -0.4 is 5.32 Å². The van der Waals surface area contributed by atoms with Gasteiger partial charge in [-0.3, -0.25) is 14.4 Å². The molecule has 2 heterocycles. The lowest BCUT2D eigenvalue weighted by molar-refractivity contribution is -0.130. The number of fused-ring (bicyclic) bond motifs is 1. The molecule has 0 radical (unpaired) electrons. The Hall–Kier alpha value is -2.02. The third kappa shape index (κ3) is 3.40. The number of benzene rings is 1. The number of thioether (sulfide) groups is 1. The van der Waals surface area contributed by atoms with Crippen LogP contribution in [0.3, 0.4) is 0 Å². The van der Waals surface area contributed by atoms with E-state index in [1.54, 1.807) is 17.9 Å². The first kappa shape index (κ1) is 16.8. The lowest BCUT2D eigenvalue weighted by Gasteiger charge is -2.36. The molecule has 1 fully saturated rings. The largest absolute Gasteiger partial charge is 0.343 e. The fraction of sp³-hybridized carbons (Fsp3) is 0.471. The van der Waals surface area contributed by atoms with Crippen LogP contribution in [0.15, 0.2) is 23.1 Å². The van der Waals surface area contributed by atoms with Crippen LogP contribution in [-0.2, 0) is 9.59 Å². The predicted molar refractivity (Wildman–Crippen MR) is 93.2 cm³/mol. The lowest BCUT2D eigenvalue weighted by Crippen LogP contribution is -2.46. The summed E-state index contributed by atoms with van der Waals surface area (Å²) in [6, 6.07) is 5.67. The zero-order valence-electron chi connectivity index (χ0n) is 13.9. The van der Waals surface area contributed by atoms with Crippen LogP contribution in [0.1, 0.15) is 30.1 Å². The van der Waals surface area contributed by atoms with Gasteiger partial charge in [0.1, 0.15) is 0 Å². The van der Waals surface area contributed by atoms with Crippen molar-refractivity contribution in [3.63, 3.8) is 0 Å². The molecule has 0 unspecified atom stereocenters. The van der Waals surface area contributed by atoms with Gasteiger partial charge in [-0.2, -0.15) is 0 Å². The van der Waals surface area contributed by atoms with E-state index in [1.807, 2.05) is 24.1 Å². The molecule has 1 aromatic rings. The Balaban J connectivity index is 1.67.